The average molecular weight is 1030 g/mol. The molecule has 0 N–H and O–H groups in total. The Kier molecular flexibility index (Phi) is 60.2. The largest absolute Gasteiger partial charge is 0.462 e. The first-order valence-corrected chi connectivity index (χ1v) is 32.5. The van der Waals surface area contributed by atoms with Gasteiger partial charge < -0.3 is 14.2 Å². The standard InChI is InChI=1S/C67H124O6/c1-4-7-10-13-16-19-22-25-28-30-32-33-35-36-39-42-45-48-51-54-57-60-66(69)72-63-64(62-71-65(68)59-56-53-50-47-44-41-38-27-24-21-18-15-12-9-6-3)73-67(70)61-58-55-52-49-46-43-40-37-34-31-29-26-23-20-17-14-11-8-5-2/h22,25,30,32,35-36,64H,4-21,23-24,26-29,31,33-34,37-63H2,1-3H3/b25-22-,32-30-,36-35-. The molecule has 73 heavy (non-hydrogen) atoms. The van der Waals surface area contributed by atoms with Crippen molar-refractivity contribution in [2.24, 2.45) is 0 Å². The molecule has 0 radical (unpaired) electrons. The van der Waals surface area contributed by atoms with E-state index in [1.165, 1.54) is 238 Å². The van der Waals surface area contributed by atoms with Crippen molar-refractivity contribution in [3.63, 3.8) is 0 Å². The maximum atomic E-state index is 12.9. The van der Waals surface area contributed by atoms with Crippen LogP contribution in [0.15, 0.2) is 36.5 Å². The van der Waals surface area contributed by atoms with E-state index in [1.807, 2.05) is 0 Å². The predicted octanol–water partition coefficient (Wildman–Crippen LogP) is 22.0. The van der Waals surface area contributed by atoms with E-state index in [0.717, 1.165) is 77.0 Å². The van der Waals surface area contributed by atoms with Crippen LogP contribution in [0.2, 0.25) is 0 Å². The third-order valence-electron chi connectivity index (χ3n) is 14.6. The zero-order valence-electron chi connectivity index (χ0n) is 49.2. The fraction of sp³-hybridized carbons (Fsp3) is 0.866. The summed E-state index contributed by atoms with van der Waals surface area (Å²) in [5, 5.41) is 0. The number of carbonyl (C=O) groups is 3. The van der Waals surface area contributed by atoms with Crippen molar-refractivity contribution in [1.82, 2.24) is 0 Å². The molecular formula is C67H124O6. The maximum absolute atomic E-state index is 12.9. The van der Waals surface area contributed by atoms with Crippen LogP contribution in [-0.4, -0.2) is 37.2 Å². The Morgan fingerprint density at radius 2 is 0.493 bits per heavy atom. The lowest BCUT2D eigenvalue weighted by Gasteiger charge is -2.18. The van der Waals surface area contributed by atoms with Gasteiger partial charge in [0.1, 0.15) is 13.2 Å². The predicted molar refractivity (Wildman–Crippen MR) is 316 cm³/mol. The highest BCUT2D eigenvalue weighted by Gasteiger charge is 2.19. The highest BCUT2D eigenvalue weighted by atomic mass is 16.6. The van der Waals surface area contributed by atoms with Crippen molar-refractivity contribution >= 4 is 17.9 Å². The fourth-order valence-electron chi connectivity index (χ4n) is 9.75. The summed E-state index contributed by atoms with van der Waals surface area (Å²) in [5.41, 5.74) is 0. The number of unbranched alkanes of at least 4 members (excludes halogenated alkanes) is 43. The zero-order chi connectivity index (χ0) is 52.9. The van der Waals surface area contributed by atoms with Gasteiger partial charge in [-0.25, -0.2) is 0 Å². The van der Waals surface area contributed by atoms with E-state index < -0.39 is 6.10 Å². The monoisotopic (exact) mass is 1020 g/mol. The average Bonchev–Trinajstić information content (AvgIpc) is 3.39. The quantitative estimate of drug-likeness (QED) is 0.0261. The fourth-order valence-corrected chi connectivity index (χ4v) is 9.75. The molecule has 0 aromatic carbocycles. The van der Waals surface area contributed by atoms with Crippen molar-refractivity contribution < 1.29 is 28.6 Å². The van der Waals surface area contributed by atoms with Crippen molar-refractivity contribution in [3.05, 3.63) is 36.5 Å². The van der Waals surface area contributed by atoms with Gasteiger partial charge in [0.25, 0.3) is 0 Å². The molecular weight excluding hydrogens is 901 g/mol. The third kappa shape index (κ3) is 60.4. The maximum Gasteiger partial charge on any atom is 0.306 e. The van der Waals surface area contributed by atoms with Gasteiger partial charge in [0.05, 0.1) is 0 Å². The van der Waals surface area contributed by atoms with Gasteiger partial charge in [-0.3, -0.25) is 14.4 Å². The number of ether oxygens (including phenoxy) is 3. The number of carbonyl (C=O) groups excluding carboxylic acids is 3. The molecule has 0 heterocycles. The minimum absolute atomic E-state index is 0.0708. The van der Waals surface area contributed by atoms with Crippen LogP contribution in [0.5, 0.6) is 0 Å². The van der Waals surface area contributed by atoms with E-state index >= 15 is 0 Å². The Bertz CT molecular complexity index is 1220. The smallest absolute Gasteiger partial charge is 0.306 e. The van der Waals surface area contributed by atoms with Crippen LogP contribution in [0.1, 0.15) is 355 Å². The summed E-state index contributed by atoms with van der Waals surface area (Å²) in [4.78, 5) is 38.3. The van der Waals surface area contributed by atoms with Gasteiger partial charge in [0.15, 0.2) is 6.10 Å². The number of allylic oxidation sites excluding steroid dienone is 6. The first kappa shape index (κ1) is 70.6. The Balaban J connectivity index is 4.34. The first-order valence-electron chi connectivity index (χ1n) is 32.5. The minimum Gasteiger partial charge on any atom is -0.462 e. The van der Waals surface area contributed by atoms with E-state index in [4.69, 9.17) is 14.2 Å². The Hall–Kier alpha value is -2.37. The number of rotatable bonds is 60. The number of hydrogen-bond acceptors (Lipinski definition) is 6. The molecule has 0 saturated heterocycles. The van der Waals surface area contributed by atoms with Crippen LogP contribution in [0.25, 0.3) is 0 Å². The lowest BCUT2D eigenvalue weighted by Crippen LogP contribution is -2.30. The van der Waals surface area contributed by atoms with E-state index in [2.05, 4.69) is 57.2 Å². The summed E-state index contributed by atoms with van der Waals surface area (Å²) in [6.07, 6.45) is 75.7. The number of hydrogen-bond donors (Lipinski definition) is 0. The highest BCUT2D eigenvalue weighted by Crippen LogP contribution is 2.18. The van der Waals surface area contributed by atoms with E-state index in [1.54, 1.807) is 0 Å². The molecule has 0 fully saturated rings. The van der Waals surface area contributed by atoms with E-state index in [0.29, 0.717) is 19.3 Å². The molecule has 0 aliphatic heterocycles. The molecule has 0 saturated carbocycles. The molecule has 0 spiro atoms. The summed E-state index contributed by atoms with van der Waals surface area (Å²) in [5.74, 6) is -0.857. The molecule has 0 bridgehead atoms. The molecule has 0 aromatic heterocycles. The van der Waals surface area contributed by atoms with Gasteiger partial charge in [-0.2, -0.15) is 0 Å². The van der Waals surface area contributed by atoms with Crippen LogP contribution in [0.3, 0.4) is 0 Å². The van der Waals surface area contributed by atoms with Crippen LogP contribution in [0, 0.1) is 0 Å². The molecule has 1 unspecified atom stereocenters. The second-order valence-electron chi connectivity index (χ2n) is 22.0. The van der Waals surface area contributed by atoms with Crippen LogP contribution >= 0.6 is 0 Å². The lowest BCUT2D eigenvalue weighted by atomic mass is 10.0. The summed E-state index contributed by atoms with van der Waals surface area (Å²) < 4.78 is 17.0. The second kappa shape index (κ2) is 62.2. The van der Waals surface area contributed by atoms with E-state index in [9.17, 15) is 14.4 Å². The molecule has 0 aliphatic carbocycles. The Morgan fingerprint density at radius 3 is 0.767 bits per heavy atom. The second-order valence-corrected chi connectivity index (χ2v) is 22.0. The van der Waals surface area contributed by atoms with Gasteiger partial charge in [0.2, 0.25) is 0 Å². The third-order valence-corrected chi connectivity index (χ3v) is 14.6. The van der Waals surface area contributed by atoms with Gasteiger partial charge in [-0.1, -0.05) is 314 Å². The van der Waals surface area contributed by atoms with Crippen LogP contribution in [-0.2, 0) is 28.6 Å². The lowest BCUT2D eigenvalue weighted by molar-refractivity contribution is -0.167. The Morgan fingerprint density at radius 1 is 0.274 bits per heavy atom. The van der Waals surface area contributed by atoms with Gasteiger partial charge in [-0.15, -0.1) is 0 Å². The molecule has 0 amide bonds. The van der Waals surface area contributed by atoms with E-state index in [-0.39, 0.29) is 31.1 Å². The SMILES string of the molecule is CCCCCCC/C=C\C/C=C\C/C=C\CCCCCCCCC(=O)OCC(COC(=O)CCCCCCCCCCCCCCCCC)OC(=O)CCCCCCCCCCCCCCCCCCCCC. The molecule has 1 atom stereocenters. The summed E-state index contributed by atoms with van der Waals surface area (Å²) >= 11 is 0. The molecule has 6 heteroatoms. The highest BCUT2D eigenvalue weighted by molar-refractivity contribution is 5.71. The van der Waals surface area contributed by atoms with Crippen LogP contribution < -0.4 is 0 Å². The van der Waals surface area contributed by atoms with Gasteiger partial charge in [0, 0.05) is 19.3 Å². The first-order chi connectivity index (χ1) is 36.0. The molecule has 6 nitrogen and oxygen atoms in total. The minimum atomic E-state index is -0.774. The van der Waals surface area contributed by atoms with Crippen molar-refractivity contribution in [2.45, 2.75) is 361 Å². The van der Waals surface area contributed by atoms with Gasteiger partial charge >= 0.3 is 17.9 Å². The summed E-state index contributed by atoms with van der Waals surface area (Å²) in [6, 6.07) is 0. The molecule has 0 aliphatic rings. The molecule has 428 valence electrons. The normalized spacial score (nSPS) is 12.2. The molecule has 0 rings (SSSR count). The topological polar surface area (TPSA) is 78.9 Å². The summed E-state index contributed by atoms with van der Waals surface area (Å²) in [6.45, 7) is 6.68. The Labute approximate surface area is 455 Å². The van der Waals surface area contributed by atoms with Gasteiger partial charge in [-0.05, 0) is 57.8 Å². The van der Waals surface area contributed by atoms with Crippen molar-refractivity contribution in [3.8, 4) is 0 Å². The van der Waals surface area contributed by atoms with Crippen molar-refractivity contribution in [2.75, 3.05) is 13.2 Å². The number of esters is 3. The zero-order valence-corrected chi connectivity index (χ0v) is 49.2. The summed E-state index contributed by atoms with van der Waals surface area (Å²) in [7, 11) is 0. The molecule has 0 aromatic rings. The van der Waals surface area contributed by atoms with Crippen LogP contribution in [0.4, 0.5) is 0 Å². The van der Waals surface area contributed by atoms with Crippen molar-refractivity contribution in [1.29, 1.82) is 0 Å².